The molecule has 0 saturated carbocycles. The molecule has 0 aliphatic rings. The maximum absolute atomic E-state index is 12.5. The Balaban J connectivity index is 2.95. The van der Waals surface area contributed by atoms with Gasteiger partial charge in [0.25, 0.3) is 0 Å². The van der Waals surface area contributed by atoms with Crippen LogP contribution in [0.5, 0.6) is 0 Å². The van der Waals surface area contributed by atoms with Crippen molar-refractivity contribution in [3.05, 3.63) is 11.4 Å². The zero-order valence-corrected chi connectivity index (χ0v) is 13.9. The summed E-state index contributed by atoms with van der Waals surface area (Å²) in [5.41, 5.74) is 1.06. The fourth-order valence-electron chi connectivity index (χ4n) is 2.18. The van der Waals surface area contributed by atoms with Gasteiger partial charge in [-0.25, -0.2) is 13.1 Å². The SMILES string of the molecule is COCCC(C)NS(=O)(=O)c1c(C)nn(CCCO)c1C. The Morgan fingerprint density at radius 1 is 1.43 bits per heavy atom. The van der Waals surface area contributed by atoms with E-state index < -0.39 is 10.0 Å². The Labute approximate surface area is 126 Å². The van der Waals surface area contributed by atoms with Crippen LogP contribution in [0.4, 0.5) is 0 Å². The molecule has 21 heavy (non-hydrogen) atoms. The summed E-state index contributed by atoms with van der Waals surface area (Å²) in [5.74, 6) is 0. The molecule has 0 aromatic carbocycles. The number of hydrogen-bond acceptors (Lipinski definition) is 5. The largest absolute Gasteiger partial charge is 0.396 e. The van der Waals surface area contributed by atoms with Gasteiger partial charge in [-0.15, -0.1) is 0 Å². The first-order valence-electron chi connectivity index (χ1n) is 6.99. The highest BCUT2D eigenvalue weighted by atomic mass is 32.2. The quantitative estimate of drug-likeness (QED) is 0.695. The molecule has 7 nitrogen and oxygen atoms in total. The lowest BCUT2D eigenvalue weighted by atomic mass is 10.3. The number of sulfonamides is 1. The molecule has 0 bridgehead atoms. The highest BCUT2D eigenvalue weighted by Gasteiger charge is 2.25. The Morgan fingerprint density at radius 3 is 2.67 bits per heavy atom. The van der Waals surface area contributed by atoms with Gasteiger partial charge in [-0.1, -0.05) is 0 Å². The number of nitrogens with zero attached hydrogens (tertiary/aromatic N) is 2. The third-order valence-corrected chi connectivity index (χ3v) is 5.06. The van der Waals surface area contributed by atoms with E-state index in [1.54, 1.807) is 32.6 Å². The van der Waals surface area contributed by atoms with Gasteiger partial charge < -0.3 is 9.84 Å². The minimum atomic E-state index is -3.61. The van der Waals surface area contributed by atoms with Gasteiger partial charge in [0.15, 0.2) is 0 Å². The highest BCUT2D eigenvalue weighted by molar-refractivity contribution is 7.89. The van der Waals surface area contributed by atoms with E-state index in [0.29, 0.717) is 37.4 Å². The molecular weight excluding hydrogens is 294 g/mol. The second-order valence-corrected chi connectivity index (χ2v) is 6.75. The number of aryl methyl sites for hydroxylation is 2. The Bertz CT molecular complexity index is 554. The zero-order valence-electron chi connectivity index (χ0n) is 13.1. The highest BCUT2D eigenvalue weighted by Crippen LogP contribution is 2.20. The molecule has 0 aliphatic heterocycles. The van der Waals surface area contributed by atoms with Gasteiger partial charge in [-0.3, -0.25) is 4.68 Å². The number of methoxy groups -OCH3 is 1. The van der Waals surface area contributed by atoms with Crippen molar-refractivity contribution in [3.8, 4) is 0 Å². The van der Waals surface area contributed by atoms with E-state index in [0.717, 1.165) is 0 Å². The Kier molecular flexibility index (Phi) is 6.79. The monoisotopic (exact) mass is 319 g/mol. The predicted molar refractivity (Wildman–Crippen MR) is 79.7 cm³/mol. The average Bonchev–Trinajstić information content (AvgIpc) is 2.68. The van der Waals surface area contributed by atoms with Crippen LogP contribution < -0.4 is 4.72 Å². The first-order valence-corrected chi connectivity index (χ1v) is 8.48. The number of ether oxygens (including phenoxy) is 1. The second-order valence-electron chi connectivity index (χ2n) is 5.10. The number of rotatable bonds is 9. The molecule has 1 aromatic heterocycles. The van der Waals surface area contributed by atoms with Crippen LogP contribution in [-0.4, -0.2) is 49.7 Å². The van der Waals surface area contributed by atoms with Crippen molar-refractivity contribution in [2.24, 2.45) is 0 Å². The molecule has 1 rings (SSSR count). The van der Waals surface area contributed by atoms with Crippen LogP contribution in [0.1, 0.15) is 31.2 Å². The fraction of sp³-hybridized carbons (Fsp3) is 0.769. The lowest BCUT2D eigenvalue weighted by molar-refractivity contribution is 0.188. The van der Waals surface area contributed by atoms with Crippen molar-refractivity contribution in [3.63, 3.8) is 0 Å². The number of aromatic nitrogens is 2. The number of nitrogens with one attached hydrogen (secondary N) is 1. The van der Waals surface area contributed by atoms with Crippen molar-refractivity contribution in [1.29, 1.82) is 0 Å². The summed E-state index contributed by atoms with van der Waals surface area (Å²) in [5, 5.41) is 13.1. The lowest BCUT2D eigenvalue weighted by Gasteiger charge is -2.14. The number of aliphatic hydroxyl groups excluding tert-OH is 1. The molecule has 1 aromatic rings. The molecular formula is C13H25N3O4S. The van der Waals surface area contributed by atoms with Gasteiger partial charge in [0.1, 0.15) is 4.90 Å². The Hall–Kier alpha value is -0.960. The minimum absolute atomic E-state index is 0.0483. The number of hydrogen-bond donors (Lipinski definition) is 2. The fourth-order valence-corrected chi connectivity index (χ4v) is 3.87. The molecule has 122 valence electrons. The molecule has 1 heterocycles. The first-order chi connectivity index (χ1) is 9.83. The van der Waals surface area contributed by atoms with Gasteiger partial charge in [0.2, 0.25) is 10.0 Å². The third kappa shape index (κ3) is 4.77. The van der Waals surface area contributed by atoms with E-state index in [2.05, 4.69) is 9.82 Å². The van der Waals surface area contributed by atoms with Gasteiger partial charge in [0, 0.05) is 32.9 Å². The van der Waals surface area contributed by atoms with Crippen LogP contribution in [-0.2, 0) is 21.3 Å². The maximum atomic E-state index is 12.5. The van der Waals surface area contributed by atoms with E-state index >= 15 is 0 Å². The van der Waals surface area contributed by atoms with E-state index in [-0.39, 0.29) is 17.5 Å². The van der Waals surface area contributed by atoms with E-state index in [1.165, 1.54) is 0 Å². The normalized spacial score (nSPS) is 13.6. The topological polar surface area (TPSA) is 93.5 Å². The van der Waals surface area contributed by atoms with E-state index in [9.17, 15) is 8.42 Å². The second kappa shape index (κ2) is 7.88. The standard InChI is InChI=1S/C13H25N3O4S/c1-10(6-9-20-4)15-21(18,19)13-11(2)14-16(12(13)3)7-5-8-17/h10,15,17H,5-9H2,1-4H3. The molecule has 0 spiro atoms. The molecule has 0 saturated heterocycles. The maximum Gasteiger partial charge on any atom is 0.244 e. The van der Waals surface area contributed by atoms with E-state index in [1.807, 2.05) is 0 Å². The zero-order chi connectivity index (χ0) is 16.0. The van der Waals surface area contributed by atoms with Crippen LogP contribution >= 0.6 is 0 Å². The van der Waals surface area contributed by atoms with Crippen molar-refractivity contribution >= 4 is 10.0 Å². The lowest BCUT2D eigenvalue weighted by Crippen LogP contribution is -2.34. The Morgan fingerprint density at radius 2 is 2.10 bits per heavy atom. The van der Waals surface area contributed by atoms with Crippen LogP contribution in [0, 0.1) is 13.8 Å². The van der Waals surface area contributed by atoms with Crippen molar-refractivity contribution in [2.45, 2.75) is 51.1 Å². The van der Waals surface area contributed by atoms with Crippen molar-refractivity contribution in [1.82, 2.24) is 14.5 Å². The molecule has 2 N–H and O–H groups in total. The summed E-state index contributed by atoms with van der Waals surface area (Å²) in [6.07, 6.45) is 1.14. The predicted octanol–water partition coefficient (Wildman–Crippen LogP) is 0.586. The third-order valence-electron chi connectivity index (χ3n) is 3.22. The summed E-state index contributed by atoms with van der Waals surface area (Å²) < 4.78 is 34.2. The molecule has 8 heteroatoms. The number of aliphatic hydroxyl groups is 1. The van der Waals surface area contributed by atoms with E-state index in [4.69, 9.17) is 9.84 Å². The first kappa shape index (κ1) is 18.1. The van der Waals surface area contributed by atoms with Gasteiger partial charge in [-0.05, 0) is 33.6 Å². The van der Waals surface area contributed by atoms with Crippen LogP contribution in [0.2, 0.25) is 0 Å². The molecule has 1 unspecified atom stereocenters. The molecule has 0 radical (unpaired) electrons. The van der Waals surface area contributed by atoms with Gasteiger partial charge in [0.05, 0.1) is 11.4 Å². The minimum Gasteiger partial charge on any atom is -0.396 e. The van der Waals surface area contributed by atoms with Gasteiger partial charge >= 0.3 is 0 Å². The smallest absolute Gasteiger partial charge is 0.244 e. The van der Waals surface area contributed by atoms with Crippen molar-refractivity contribution in [2.75, 3.05) is 20.3 Å². The molecule has 0 fully saturated rings. The van der Waals surface area contributed by atoms with Gasteiger partial charge in [-0.2, -0.15) is 5.10 Å². The summed E-state index contributed by atoms with van der Waals surface area (Å²) in [7, 11) is -2.02. The summed E-state index contributed by atoms with van der Waals surface area (Å²) in [4.78, 5) is 0.227. The summed E-state index contributed by atoms with van der Waals surface area (Å²) in [6.45, 7) is 6.25. The van der Waals surface area contributed by atoms with Crippen molar-refractivity contribution < 1.29 is 18.3 Å². The average molecular weight is 319 g/mol. The molecule has 0 aliphatic carbocycles. The van der Waals surface area contributed by atoms with Crippen LogP contribution in [0.15, 0.2) is 4.90 Å². The van der Waals surface area contributed by atoms with Crippen LogP contribution in [0.3, 0.4) is 0 Å². The molecule has 0 amide bonds. The summed E-state index contributed by atoms with van der Waals surface area (Å²) in [6, 6.07) is -0.213. The molecule has 1 atom stereocenters. The van der Waals surface area contributed by atoms with Crippen LogP contribution in [0.25, 0.3) is 0 Å². The summed E-state index contributed by atoms with van der Waals surface area (Å²) >= 11 is 0.